The van der Waals surface area contributed by atoms with Crippen molar-refractivity contribution in [3.63, 3.8) is 0 Å². The van der Waals surface area contributed by atoms with Crippen LogP contribution in [0.3, 0.4) is 0 Å². The summed E-state index contributed by atoms with van der Waals surface area (Å²) in [6.45, 7) is 2.42. The Kier molecular flexibility index (Phi) is 4.78. The number of benzene rings is 1. The molecule has 0 aliphatic rings. The SMILES string of the molecule is CCOc1cccc(NC(=O)/C(C#N)=C/c2ccco2)c1. The summed E-state index contributed by atoms with van der Waals surface area (Å²) in [5.74, 6) is 0.608. The number of furan rings is 1. The number of nitrogens with zero attached hydrogens (tertiary/aromatic N) is 1. The van der Waals surface area contributed by atoms with Crippen molar-refractivity contribution >= 4 is 17.7 Å². The van der Waals surface area contributed by atoms with Crippen LogP contribution >= 0.6 is 0 Å². The molecule has 0 saturated heterocycles. The maximum absolute atomic E-state index is 12.1. The Morgan fingerprint density at radius 1 is 1.43 bits per heavy atom. The molecule has 0 aliphatic heterocycles. The van der Waals surface area contributed by atoms with Crippen LogP contribution in [0.4, 0.5) is 5.69 Å². The van der Waals surface area contributed by atoms with E-state index in [4.69, 9.17) is 14.4 Å². The molecule has 2 rings (SSSR count). The van der Waals surface area contributed by atoms with Crippen LogP contribution in [0, 0.1) is 11.3 Å². The zero-order valence-corrected chi connectivity index (χ0v) is 11.5. The van der Waals surface area contributed by atoms with Crippen molar-refractivity contribution in [1.82, 2.24) is 0 Å². The molecule has 1 aromatic carbocycles. The number of nitrogens with one attached hydrogen (secondary N) is 1. The fourth-order valence-electron chi connectivity index (χ4n) is 1.69. The predicted octanol–water partition coefficient (Wildman–Crippen LogP) is 3.22. The molecule has 1 heterocycles. The first-order valence-electron chi connectivity index (χ1n) is 6.42. The van der Waals surface area contributed by atoms with Gasteiger partial charge in [-0.1, -0.05) is 6.07 Å². The molecule has 0 fully saturated rings. The Labute approximate surface area is 122 Å². The van der Waals surface area contributed by atoms with Gasteiger partial charge in [0.25, 0.3) is 5.91 Å². The molecule has 5 nitrogen and oxygen atoms in total. The first-order chi connectivity index (χ1) is 10.2. The predicted molar refractivity (Wildman–Crippen MR) is 78.5 cm³/mol. The summed E-state index contributed by atoms with van der Waals surface area (Å²) in [5.41, 5.74) is 0.526. The van der Waals surface area contributed by atoms with Gasteiger partial charge in [-0.3, -0.25) is 4.79 Å². The second-order valence-electron chi connectivity index (χ2n) is 4.10. The van der Waals surface area contributed by atoms with Crippen molar-refractivity contribution in [3.05, 3.63) is 54.0 Å². The lowest BCUT2D eigenvalue weighted by molar-refractivity contribution is -0.112. The van der Waals surface area contributed by atoms with E-state index < -0.39 is 5.91 Å². The molecule has 1 N–H and O–H groups in total. The Morgan fingerprint density at radius 3 is 2.95 bits per heavy atom. The molecule has 0 aliphatic carbocycles. The van der Waals surface area contributed by atoms with Gasteiger partial charge in [0.1, 0.15) is 23.2 Å². The van der Waals surface area contributed by atoms with Gasteiger partial charge in [0.15, 0.2) is 0 Å². The lowest BCUT2D eigenvalue weighted by Gasteiger charge is -2.07. The van der Waals surface area contributed by atoms with Crippen molar-refractivity contribution in [2.24, 2.45) is 0 Å². The monoisotopic (exact) mass is 282 g/mol. The molecule has 21 heavy (non-hydrogen) atoms. The third kappa shape index (κ3) is 3.98. The zero-order valence-electron chi connectivity index (χ0n) is 11.5. The second-order valence-corrected chi connectivity index (χ2v) is 4.10. The highest BCUT2D eigenvalue weighted by molar-refractivity contribution is 6.09. The van der Waals surface area contributed by atoms with E-state index in [1.165, 1.54) is 12.3 Å². The number of amides is 1. The van der Waals surface area contributed by atoms with Gasteiger partial charge in [0.2, 0.25) is 0 Å². The maximum Gasteiger partial charge on any atom is 0.266 e. The van der Waals surface area contributed by atoms with Crippen LogP contribution in [0.25, 0.3) is 6.08 Å². The van der Waals surface area contributed by atoms with Crippen LogP contribution < -0.4 is 10.1 Å². The Hall–Kier alpha value is -3.00. The van der Waals surface area contributed by atoms with Gasteiger partial charge in [0, 0.05) is 17.8 Å². The van der Waals surface area contributed by atoms with Gasteiger partial charge in [-0.2, -0.15) is 5.26 Å². The van der Waals surface area contributed by atoms with Gasteiger partial charge >= 0.3 is 0 Å². The number of ether oxygens (including phenoxy) is 1. The number of hydrogen-bond acceptors (Lipinski definition) is 4. The van der Waals surface area contributed by atoms with E-state index in [2.05, 4.69) is 5.32 Å². The summed E-state index contributed by atoms with van der Waals surface area (Å²) < 4.78 is 10.4. The van der Waals surface area contributed by atoms with E-state index in [-0.39, 0.29) is 5.57 Å². The molecule has 0 radical (unpaired) electrons. The maximum atomic E-state index is 12.1. The van der Waals surface area contributed by atoms with E-state index in [9.17, 15) is 4.79 Å². The molecule has 5 heteroatoms. The van der Waals surface area contributed by atoms with Crippen LogP contribution in [0.2, 0.25) is 0 Å². The van der Waals surface area contributed by atoms with E-state index in [0.29, 0.717) is 23.8 Å². The van der Waals surface area contributed by atoms with E-state index in [1.807, 2.05) is 13.0 Å². The average molecular weight is 282 g/mol. The van der Waals surface area contributed by atoms with E-state index in [0.717, 1.165) is 0 Å². The van der Waals surface area contributed by atoms with Crippen molar-refractivity contribution in [2.45, 2.75) is 6.92 Å². The normalized spacial score (nSPS) is 10.8. The van der Waals surface area contributed by atoms with Crippen molar-refractivity contribution in [1.29, 1.82) is 5.26 Å². The molecule has 1 amide bonds. The molecule has 0 bridgehead atoms. The summed E-state index contributed by atoms with van der Waals surface area (Å²) in [7, 11) is 0. The van der Waals surface area contributed by atoms with Gasteiger partial charge in [-0.25, -0.2) is 0 Å². The zero-order chi connectivity index (χ0) is 15.1. The minimum atomic E-state index is -0.498. The Bertz CT molecular complexity index is 682. The van der Waals surface area contributed by atoms with Crippen molar-refractivity contribution in [3.8, 4) is 11.8 Å². The largest absolute Gasteiger partial charge is 0.494 e. The third-order valence-corrected chi connectivity index (χ3v) is 2.60. The van der Waals surface area contributed by atoms with Crippen molar-refractivity contribution in [2.75, 3.05) is 11.9 Å². The summed E-state index contributed by atoms with van der Waals surface area (Å²) >= 11 is 0. The molecular formula is C16H14N2O3. The van der Waals surface area contributed by atoms with Gasteiger partial charge in [-0.15, -0.1) is 0 Å². The molecule has 0 unspecified atom stereocenters. The summed E-state index contributed by atoms with van der Waals surface area (Å²) in [4.78, 5) is 12.1. The van der Waals surface area contributed by atoms with Gasteiger partial charge in [-0.05, 0) is 31.2 Å². The quantitative estimate of drug-likeness (QED) is 0.674. The van der Waals surface area contributed by atoms with Crippen LogP contribution in [0.15, 0.2) is 52.7 Å². The Morgan fingerprint density at radius 2 is 2.29 bits per heavy atom. The van der Waals surface area contributed by atoms with E-state index >= 15 is 0 Å². The third-order valence-electron chi connectivity index (χ3n) is 2.60. The number of nitriles is 1. The van der Waals surface area contributed by atoms with Crippen LogP contribution in [-0.4, -0.2) is 12.5 Å². The Balaban J connectivity index is 2.13. The first kappa shape index (κ1) is 14.4. The standard InChI is InChI=1S/C16H14N2O3/c1-2-20-15-6-3-5-13(10-15)18-16(19)12(11-17)9-14-7-4-8-21-14/h3-10H,2H2,1H3,(H,18,19)/b12-9+. The van der Waals surface area contributed by atoms with Crippen LogP contribution in [0.1, 0.15) is 12.7 Å². The smallest absolute Gasteiger partial charge is 0.266 e. The highest BCUT2D eigenvalue weighted by Gasteiger charge is 2.10. The summed E-state index contributed by atoms with van der Waals surface area (Å²) in [6, 6.07) is 12.2. The summed E-state index contributed by atoms with van der Waals surface area (Å²) in [5, 5.41) is 11.7. The van der Waals surface area contributed by atoms with E-state index in [1.54, 1.807) is 36.4 Å². The lowest BCUT2D eigenvalue weighted by Crippen LogP contribution is -2.13. The molecule has 0 atom stereocenters. The minimum absolute atomic E-state index is 0.0354. The number of anilines is 1. The minimum Gasteiger partial charge on any atom is -0.494 e. The number of carbonyl (C=O) groups is 1. The van der Waals surface area contributed by atoms with Crippen molar-refractivity contribution < 1.29 is 13.9 Å². The molecule has 106 valence electrons. The van der Waals surface area contributed by atoms with Gasteiger partial charge < -0.3 is 14.5 Å². The highest BCUT2D eigenvalue weighted by Crippen LogP contribution is 2.18. The topological polar surface area (TPSA) is 75.3 Å². The molecule has 2 aromatic rings. The molecular weight excluding hydrogens is 268 g/mol. The van der Waals surface area contributed by atoms with Crippen LogP contribution in [0.5, 0.6) is 5.75 Å². The number of carbonyl (C=O) groups excluding carboxylic acids is 1. The summed E-state index contributed by atoms with van der Waals surface area (Å²) in [6.07, 6.45) is 2.87. The molecule has 0 saturated carbocycles. The lowest BCUT2D eigenvalue weighted by atomic mass is 10.2. The fourth-order valence-corrected chi connectivity index (χ4v) is 1.69. The number of hydrogen-bond donors (Lipinski definition) is 1. The molecule has 1 aromatic heterocycles. The second kappa shape index (κ2) is 6.96. The first-order valence-corrected chi connectivity index (χ1v) is 6.42. The van der Waals surface area contributed by atoms with Gasteiger partial charge in [0.05, 0.1) is 12.9 Å². The van der Waals surface area contributed by atoms with Crippen LogP contribution in [-0.2, 0) is 4.79 Å². The highest BCUT2D eigenvalue weighted by atomic mass is 16.5. The average Bonchev–Trinajstić information content (AvgIpc) is 2.98. The number of rotatable bonds is 5. The fraction of sp³-hybridized carbons (Fsp3) is 0.125. The molecule has 0 spiro atoms.